The van der Waals surface area contributed by atoms with Crippen LogP contribution in [0.5, 0.6) is 0 Å². The lowest BCUT2D eigenvalue weighted by molar-refractivity contribution is -0.120. The van der Waals surface area contributed by atoms with Crippen LogP contribution in [0.15, 0.2) is 58.4 Å². The maximum Gasteiger partial charge on any atom is 0.261 e. The molecule has 0 atom stereocenters. The van der Waals surface area contributed by atoms with Gasteiger partial charge in [0.15, 0.2) is 0 Å². The summed E-state index contributed by atoms with van der Waals surface area (Å²) in [5, 5.41) is 2.84. The van der Waals surface area contributed by atoms with Gasteiger partial charge in [0.2, 0.25) is 11.8 Å². The van der Waals surface area contributed by atoms with Crippen molar-refractivity contribution < 1.29 is 18.0 Å². The molecular formula is C24H31N5O4S. The number of aliphatic imine (C=N–C) groups is 1. The zero-order chi connectivity index (χ0) is 24.8. The van der Waals surface area contributed by atoms with E-state index in [2.05, 4.69) is 15.0 Å². The fourth-order valence-corrected chi connectivity index (χ4v) is 4.25. The second kappa shape index (κ2) is 10.8. The second-order valence-electron chi connectivity index (χ2n) is 8.71. The lowest BCUT2D eigenvalue weighted by atomic mass is 10.1. The zero-order valence-corrected chi connectivity index (χ0v) is 20.0. The van der Waals surface area contributed by atoms with E-state index < -0.39 is 10.0 Å². The van der Waals surface area contributed by atoms with Crippen molar-refractivity contribution in [3.8, 4) is 0 Å². The Labute approximate surface area is 200 Å². The van der Waals surface area contributed by atoms with Crippen LogP contribution < -0.4 is 21.5 Å². The molecule has 0 aliphatic heterocycles. The van der Waals surface area contributed by atoms with Crippen LogP contribution in [0.3, 0.4) is 0 Å². The average molecular weight is 486 g/mol. The smallest absolute Gasteiger partial charge is 0.261 e. The Morgan fingerprint density at radius 2 is 1.59 bits per heavy atom. The standard InChI is InChI=1S/C24H31N5O4S/c1-24(14-15-24)23(31)27-18-8-10-19(11-9-18)29-34(32,33)20-12-6-17(7-13-20)22(26)28-21(30)5-3-2-4-16-25/h6-13,29H,2-5,14-16,25H2,1H3,(H,27,31)(H2,26,28,30). The molecule has 1 fully saturated rings. The predicted octanol–water partition coefficient (Wildman–Crippen LogP) is 2.98. The third kappa shape index (κ3) is 6.88. The number of carbonyl (C=O) groups is 2. The minimum atomic E-state index is -3.84. The quantitative estimate of drug-likeness (QED) is 0.218. The summed E-state index contributed by atoms with van der Waals surface area (Å²) in [5.74, 6) is -0.311. The third-order valence-corrected chi connectivity index (χ3v) is 7.14. The third-order valence-electron chi connectivity index (χ3n) is 5.74. The highest BCUT2D eigenvalue weighted by Crippen LogP contribution is 2.45. The molecule has 2 amide bonds. The van der Waals surface area contributed by atoms with Crippen molar-refractivity contribution in [2.24, 2.45) is 21.9 Å². The fourth-order valence-electron chi connectivity index (χ4n) is 3.19. The molecular weight excluding hydrogens is 454 g/mol. The van der Waals surface area contributed by atoms with Gasteiger partial charge < -0.3 is 16.8 Å². The second-order valence-corrected chi connectivity index (χ2v) is 10.4. The first kappa shape index (κ1) is 25.4. The number of rotatable bonds is 11. The SMILES string of the molecule is CC1(C(=O)Nc2ccc(NS(=O)(=O)c3ccc(C(N)=NC(=O)CCCCCN)cc3)cc2)CC1. The first-order valence-corrected chi connectivity index (χ1v) is 12.7. The molecule has 0 heterocycles. The van der Waals surface area contributed by atoms with Crippen molar-refractivity contribution in [1.82, 2.24) is 0 Å². The van der Waals surface area contributed by atoms with Crippen LogP contribution in [-0.2, 0) is 19.6 Å². The van der Waals surface area contributed by atoms with Gasteiger partial charge in [0.1, 0.15) is 5.84 Å². The normalized spacial score (nSPS) is 14.9. The molecule has 10 heteroatoms. The Hall–Kier alpha value is -3.24. The van der Waals surface area contributed by atoms with Crippen LogP contribution in [0.1, 0.15) is 51.0 Å². The summed E-state index contributed by atoms with van der Waals surface area (Å²) in [5.41, 5.74) is 12.5. The van der Waals surface area contributed by atoms with Gasteiger partial charge in [-0.1, -0.05) is 13.3 Å². The number of carbonyl (C=O) groups excluding carboxylic acids is 2. The van der Waals surface area contributed by atoms with Crippen LogP contribution in [0.4, 0.5) is 11.4 Å². The predicted molar refractivity (Wildman–Crippen MR) is 133 cm³/mol. The summed E-state index contributed by atoms with van der Waals surface area (Å²) in [6, 6.07) is 12.3. The lowest BCUT2D eigenvalue weighted by Gasteiger charge is -2.12. The summed E-state index contributed by atoms with van der Waals surface area (Å²) in [6.45, 7) is 2.51. The van der Waals surface area contributed by atoms with Gasteiger partial charge in [0.25, 0.3) is 10.0 Å². The number of hydrogen-bond acceptors (Lipinski definition) is 5. The molecule has 0 aromatic heterocycles. The van der Waals surface area contributed by atoms with E-state index in [4.69, 9.17) is 11.5 Å². The molecule has 0 unspecified atom stereocenters. The Kier molecular flexibility index (Phi) is 8.06. The van der Waals surface area contributed by atoms with Crippen molar-refractivity contribution in [1.29, 1.82) is 0 Å². The first-order chi connectivity index (χ1) is 16.1. The van der Waals surface area contributed by atoms with Gasteiger partial charge in [0.05, 0.1) is 4.90 Å². The van der Waals surface area contributed by atoms with E-state index in [1.807, 2.05) is 6.92 Å². The van der Waals surface area contributed by atoms with E-state index >= 15 is 0 Å². The molecule has 1 saturated carbocycles. The van der Waals surface area contributed by atoms with Gasteiger partial charge in [-0.25, -0.2) is 8.42 Å². The van der Waals surface area contributed by atoms with Crippen molar-refractivity contribution in [3.05, 3.63) is 54.1 Å². The van der Waals surface area contributed by atoms with Crippen LogP contribution in [0.2, 0.25) is 0 Å². The van der Waals surface area contributed by atoms with Gasteiger partial charge >= 0.3 is 0 Å². The molecule has 1 aliphatic carbocycles. The highest BCUT2D eigenvalue weighted by molar-refractivity contribution is 7.92. The maximum absolute atomic E-state index is 12.7. The minimum Gasteiger partial charge on any atom is -0.383 e. The number of nitrogens with two attached hydrogens (primary N) is 2. The number of unbranched alkanes of at least 4 members (excludes halogenated alkanes) is 2. The van der Waals surface area contributed by atoms with Gasteiger partial charge in [-0.3, -0.25) is 14.3 Å². The van der Waals surface area contributed by atoms with E-state index in [9.17, 15) is 18.0 Å². The Bertz CT molecular complexity index is 1150. The molecule has 2 aromatic carbocycles. The molecule has 2 aromatic rings. The van der Waals surface area contributed by atoms with Crippen LogP contribution in [0, 0.1) is 5.41 Å². The summed E-state index contributed by atoms with van der Waals surface area (Å²) in [7, 11) is -3.84. The van der Waals surface area contributed by atoms with Crippen molar-refractivity contribution >= 4 is 39.0 Å². The number of anilines is 2. The molecule has 0 spiro atoms. The average Bonchev–Trinajstić information content (AvgIpc) is 3.56. The van der Waals surface area contributed by atoms with Crippen LogP contribution in [-0.4, -0.2) is 32.6 Å². The largest absolute Gasteiger partial charge is 0.383 e. The van der Waals surface area contributed by atoms with Crippen molar-refractivity contribution in [2.45, 2.75) is 50.3 Å². The topological polar surface area (TPSA) is 157 Å². The van der Waals surface area contributed by atoms with E-state index in [-0.39, 0.29) is 28.0 Å². The van der Waals surface area contributed by atoms with Crippen molar-refractivity contribution in [3.63, 3.8) is 0 Å². The Morgan fingerprint density at radius 3 is 2.18 bits per heavy atom. The van der Waals surface area contributed by atoms with Gasteiger partial charge in [0, 0.05) is 28.8 Å². The highest BCUT2D eigenvalue weighted by atomic mass is 32.2. The molecule has 6 N–H and O–H groups in total. The summed E-state index contributed by atoms with van der Waals surface area (Å²) >= 11 is 0. The number of nitrogens with one attached hydrogen (secondary N) is 2. The molecule has 1 aliphatic rings. The molecule has 182 valence electrons. The number of benzene rings is 2. The number of hydrogen-bond donors (Lipinski definition) is 4. The van der Waals surface area contributed by atoms with Gasteiger partial charge in [-0.05, 0) is 80.8 Å². The van der Waals surface area contributed by atoms with E-state index in [1.54, 1.807) is 24.3 Å². The van der Waals surface area contributed by atoms with Gasteiger partial charge in [-0.15, -0.1) is 0 Å². The molecule has 0 bridgehead atoms. The monoisotopic (exact) mass is 485 g/mol. The fraction of sp³-hybridized carbons (Fsp3) is 0.375. The Balaban J connectivity index is 1.59. The number of nitrogens with zero attached hydrogens (tertiary/aromatic N) is 1. The first-order valence-electron chi connectivity index (χ1n) is 11.2. The lowest BCUT2D eigenvalue weighted by Crippen LogP contribution is -2.21. The summed E-state index contributed by atoms with van der Waals surface area (Å²) in [4.78, 5) is 28.0. The molecule has 0 saturated heterocycles. The van der Waals surface area contributed by atoms with E-state index in [0.717, 1.165) is 25.7 Å². The van der Waals surface area contributed by atoms with E-state index in [0.29, 0.717) is 36.3 Å². The Morgan fingerprint density at radius 1 is 0.971 bits per heavy atom. The molecule has 9 nitrogen and oxygen atoms in total. The van der Waals surface area contributed by atoms with Crippen LogP contribution in [0.25, 0.3) is 0 Å². The van der Waals surface area contributed by atoms with Gasteiger partial charge in [-0.2, -0.15) is 4.99 Å². The molecule has 3 rings (SSSR count). The number of amidine groups is 1. The van der Waals surface area contributed by atoms with Crippen molar-refractivity contribution in [2.75, 3.05) is 16.6 Å². The maximum atomic E-state index is 12.7. The number of amides is 2. The highest BCUT2D eigenvalue weighted by Gasteiger charge is 2.44. The number of sulfonamides is 1. The molecule has 0 radical (unpaired) electrons. The zero-order valence-electron chi connectivity index (χ0n) is 19.2. The van der Waals surface area contributed by atoms with E-state index in [1.165, 1.54) is 24.3 Å². The molecule has 34 heavy (non-hydrogen) atoms. The summed E-state index contributed by atoms with van der Waals surface area (Å²) in [6.07, 6.45) is 4.45. The van der Waals surface area contributed by atoms with Crippen LogP contribution >= 0.6 is 0 Å². The minimum absolute atomic E-state index is 0.0305. The summed E-state index contributed by atoms with van der Waals surface area (Å²) < 4.78 is 28.0.